The van der Waals surface area contributed by atoms with Gasteiger partial charge in [-0.15, -0.1) is 22.7 Å². The summed E-state index contributed by atoms with van der Waals surface area (Å²) in [5, 5.41) is 5.70. The van der Waals surface area contributed by atoms with Gasteiger partial charge in [0.15, 0.2) is 0 Å². The molecule has 0 spiro atoms. The Bertz CT molecular complexity index is 475. The normalized spacial score (nSPS) is 12.9. The van der Waals surface area contributed by atoms with Gasteiger partial charge in [0.05, 0.1) is 0 Å². The zero-order valence-electron chi connectivity index (χ0n) is 10.00. The van der Waals surface area contributed by atoms with Gasteiger partial charge in [0.25, 0.3) is 0 Å². The van der Waals surface area contributed by atoms with E-state index in [1.54, 1.807) is 11.3 Å². The van der Waals surface area contributed by atoms with E-state index in [1.165, 1.54) is 19.1 Å². The molecule has 2 aromatic heterocycles. The van der Waals surface area contributed by atoms with Gasteiger partial charge in [-0.1, -0.05) is 6.92 Å². The van der Waals surface area contributed by atoms with E-state index in [-0.39, 0.29) is 0 Å². The van der Waals surface area contributed by atoms with Crippen LogP contribution in [0.25, 0.3) is 0 Å². The second-order valence-corrected chi connectivity index (χ2v) is 7.10. The number of aryl methyl sites for hydroxylation is 1. The van der Waals surface area contributed by atoms with Crippen LogP contribution in [0.1, 0.15) is 34.5 Å². The van der Waals surface area contributed by atoms with Gasteiger partial charge in [0.1, 0.15) is 0 Å². The topological polar surface area (TPSA) is 12.0 Å². The van der Waals surface area contributed by atoms with Crippen LogP contribution in [-0.4, -0.2) is 0 Å². The third-order valence-corrected chi connectivity index (χ3v) is 5.77. The molecule has 2 aromatic rings. The molecule has 0 fully saturated rings. The van der Waals surface area contributed by atoms with Crippen LogP contribution >= 0.6 is 38.6 Å². The molecule has 0 aliphatic carbocycles. The van der Waals surface area contributed by atoms with Gasteiger partial charge in [0.2, 0.25) is 0 Å². The molecule has 0 aliphatic heterocycles. The highest BCUT2D eigenvalue weighted by atomic mass is 79.9. The highest BCUT2D eigenvalue weighted by Crippen LogP contribution is 2.26. The van der Waals surface area contributed by atoms with E-state index < -0.39 is 0 Å². The highest BCUT2D eigenvalue weighted by molar-refractivity contribution is 9.10. The molecule has 1 N–H and O–H groups in total. The molecule has 2 rings (SSSR count). The molecule has 0 radical (unpaired) electrons. The number of rotatable bonds is 5. The Labute approximate surface area is 119 Å². The van der Waals surface area contributed by atoms with E-state index in [0.29, 0.717) is 6.04 Å². The minimum atomic E-state index is 0.415. The van der Waals surface area contributed by atoms with Gasteiger partial charge < -0.3 is 5.32 Å². The molecular formula is C13H16BrNS2. The third-order valence-electron chi connectivity index (χ3n) is 2.66. The van der Waals surface area contributed by atoms with Crippen LogP contribution in [0.5, 0.6) is 0 Å². The van der Waals surface area contributed by atoms with Gasteiger partial charge in [-0.2, -0.15) is 0 Å². The summed E-state index contributed by atoms with van der Waals surface area (Å²) in [4.78, 5) is 4.27. The van der Waals surface area contributed by atoms with E-state index in [1.807, 2.05) is 11.3 Å². The first-order chi connectivity index (χ1) is 8.19. The number of hydrogen-bond acceptors (Lipinski definition) is 3. The SMILES string of the molecule is CCc1ccc(CNC(C)c2cc(Br)cs2)s1. The van der Waals surface area contributed by atoms with Crippen LogP contribution in [0, 0.1) is 0 Å². The molecule has 0 aromatic carbocycles. The standard InChI is InChI=1S/C13H16BrNS2/c1-3-11-4-5-12(17-11)7-15-9(2)13-6-10(14)8-16-13/h4-6,8-9,15H,3,7H2,1-2H3. The van der Waals surface area contributed by atoms with Crippen molar-refractivity contribution in [2.75, 3.05) is 0 Å². The Morgan fingerprint density at radius 2 is 2.12 bits per heavy atom. The van der Waals surface area contributed by atoms with Crippen molar-refractivity contribution in [3.63, 3.8) is 0 Å². The average molecular weight is 330 g/mol. The molecule has 17 heavy (non-hydrogen) atoms. The summed E-state index contributed by atoms with van der Waals surface area (Å²) < 4.78 is 1.18. The Morgan fingerprint density at radius 3 is 2.71 bits per heavy atom. The summed E-state index contributed by atoms with van der Waals surface area (Å²) in [5.41, 5.74) is 0. The van der Waals surface area contributed by atoms with Crippen molar-refractivity contribution in [3.8, 4) is 0 Å². The molecule has 0 bridgehead atoms. The molecule has 1 unspecified atom stereocenters. The Kier molecular flexibility index (Phi) is 4.79. The fourth-order valence-electron chi connectivity index (χ4n) is 1.62. The van der Waals surface area contributed by atoms with Crippen molar-refractivity contribution in [1.82, 2.24) is 5.32 Å². The first-order valence-electron chi connectivity index (χ1n) is 5.74. The summed E-state index contributed by atoms with van der Waals surface area (Å²) in [6, 6.07) is 7.06. The lowest BCUT2D eigenvalue weighted by atomic mass is 10.2. The van der Waals surface area contributed by atoms with E-state index >= 15 is 0 Å². The Balaban J connectivity index is 1.89. The van der Waals surface area contributed by atoms with Gasteiger partial charge in [-0.3, -0.25) is 0 Å². The third kappa shape index (κ3) is 3.65. The second kappa shape index (κ2) is 6.14. The van der Waals surface area contributed by atoms with Crippen molar-refractivity contribution in [2.24, 2.45) is 0 Å². The quantitative estimate of drug-likeness (QED) is 0.815. The van der Waals surface area contributed by atoms with Gasteiger partial charge in [-0.25, -0.2) is 0 Å². The molecule has 1 nitrogen and oxygen atoms in total. The molecule has 0 aliphatic rings. The van der Waals surface area contributed by atoms with E-state index in [0.717, 1.165) is 13.0 Å². The zero-order valence-corrected chi connectivity index (χ0v) is 13.2. The van der Waals surface area contributed by atoms with Crippen LogP contribution < -0.4 is 5.32 Å². The lowest BCUT2D eigenvalue weighted by Gasteiger charge is -2.10. The minimum Gasteiger partial charge on any atom is -0.305 e. The average Bonchev–Trinajstić information content (AvgIpc) is 2.94. The van der Waals surface area contributed by atoms with Gasteiger partial charge >= 0.3 is 0 Å². The van der Waals surface area contributed by atoms with Crippen LogP contribution in [-0.2, 0) is 13.0 Å². The monoisotopic (exact) mass is 329 g/mol. The lowest BCUT2D eigenvalue weighted by molar-refractivity contribution is 0.587. The fraction of sp³-hybridized carbons (Fsp3) is 0.385. The number of thiophene rings is 2. The predicted octanol–water partition coefficient (Wildman–Crippen LogP) is 4.99. The van der Waals surface area contributed by atoms with E-state index in [4.69, 9.17) is 0 Å². The first kappa shape index (κ1) is 13.3. The fourth-order valence-corrected chi connectivity index (χ4v) is 4.00. The summed E-state index contributed by atoms with van der Waals surface area (Å²) in [7, 11) is 0. The summed E-state index contributed by atoms with van der Waals surface area (Å²) in [6.07, 6.45) is 1.14. The van der Waals surface area contributed by atoms with Crippen LogP contribution in [0.3, 0.4) is 0 Å². The molecule has 0 saturated heterocycles. The second-order valence-electron chi connectivity index (χ2n) is 3.99. The maximum atomic E-state index is 3.57. The minimum absolute atomic E-state index is 0.415. The highest BCUT2D eigenvalue weighted by Gasteiger charge is 2.08. The van der Waals surface area contributed by atoms with Gasteiger partial charge in [0, 0.05) is 37.1 Å². The summed E-state index contributed by atoms with van der Waals surface area (Å²) >= 11 is 7.20. The predicted molar refractivity (Wildman–Crippen MR) is 81.0 cm³/mol. The van der Waals surface area contributed by atoms with E-state index in [2.05, 4.69) is 58.7 Å². The maximum Gasteiger partial charge on any atom is 0.0389 e. The summed E-state index contributed by atoms with van der Waals surface area (Å²) in [6.45, 7) is 5.38. The number of hydrogen-bond donors (Lipinski definition) is 1. The van der Waals surface area contributed by atoms with Crippen LogP contribution in [0.4, 0.5) is 0 Å². The van der Waals surface area contributed by atoms with Crippen molar-refractivity contribution in [1.29, 1.82) is 0 Å². The molecular weight excluding hydrogens is 314 g/mol. The number of halogens is 1. The van der Waals surface area contributed by atoms with Crippen LogP contribution in [0.2, 0.25) is 0 Å². The summed E-state index contributed by atoms with van der Waals surface area (Å²) in [5.74, 6) is 0. The smallest absolute Gasteiger partial charge is 0.0389 e. The lowest BCUT2D eigenvalue weighted by Crippen LogP contribution is -2.16. The van der Waals surface area contributed by atoms with Crippen molar-refractivity contribution < 1.29 is 0 Å². The van der Waals surface area contributed by atoms with E-state index in [9.17, 15) is 0 Å². The van der Waals surface area contributed by atoms with Gasteiger partial charge in [-0.05, 0) is 47.5 Å². The van der Waals surface area contributed by atoms with Crippen molar-refractivity contribution in [3.05, 3.63) is 42.7 Å². The molecule has 0 amide bonds. The molecule has 92 valence electrons. The Hall–Kier alpha value is -0.160. The molecule has 1 atom stereocenters. The largest absolute Gasteiger partial charge is 0.305 e. The molecule has 2 heterocycles. The first-order valence-corrected chi connectivity index (χ1v) is 8.23. The molecule has 0 saturated carbocycles. The van der Waals surface area contributed by atoms with Crippen molar-refractivity contribution in [2.45, 2.75) is 32.9 Å². The molecule has 4 heteroatoms. The number of nitrogens with one attached hydrogen (secondary N) is 1. The zero-order chi connectivity index (χ0) is 12.3. The van der Waals surface area contributed by atoms with Crippen LogP contribution in [0.15, 0.2) is 28.1 Å². The van der Waals surface area contributed by atoms with Crippen molar-refractivity contribution >= 4 is 38.6 Å². The Morgan fingerprint density at radius 1 is 1.35 bits per heavy atom. The maximum absolute atomic E-state index is 3.57.